The van der Waals surface area contributed by atoms with Gasteiger partial charge in [0, 0.05) is 25.2 Å². The first-order valence-electron chi connectivity index (χ1n) is 6.39. The standard InChI is InChI=1S/C14H19NO4/c15-9-14(5-7-18-8-6-14)10-19-12-3-1-11(2-4-12)13(16)17/h1-4H,5-10,15H2,(H,16,17). The first kappa shape index (κ1) is 13.8. The monoisotopic (exact) mass is 265 g/mol. The zero-order valence-corrected chi connectivity index (χ0v) is 10.8. The van der Waals surface area contributed by atoms with Crippen molar-refractivity contribution >= 4 is 5.97 Å². The van der Waals surface area contributed by atoms with Crippen LogP contribution in [-0.4, -0.2) is 37.4 Å². The van der Waals surface area contributed by atoms with Gasteiger partial charge in [0.25, 0.3) is 0 Å². The molecule has 0 bridgehead atoms. The van der Waals surface area contributed by atoms with Crippen LogP contribution in [-0.2, 0) is 4.74 Å². The van der Waals surface area contributed by atoms with Gasteiger partial charge in [-0.3, -0.25) is 0 Å². The van der Waals surface area contributed by atoms with Crippen molar-refractivity contribution in [2.24, 2.45) is 11.1 Å². The number of carboxylic acids is 1. The zero-order valence-electron chi connectivity index (χ0n) is 10.8. The predicted molar refractivity (Wildman–Crippen MR) is 70.4 cm³/mol. The Morgan fingerprint density at radius 3 is 2.47 bits per heavy atom. The van der Waals surface area contributed by atoms with E-state index in [9.17, 15) is 4.79 Å². The smallest absolute Gasteiger partial charge is 0.335 e. The van der Waals surface area contributed by atoms with E-state index in [2.05, 4.69) is 0 Å². The number of rotatable bonds is 5. The van der Waals surface area contributed by atoms with E-state index < -0.39 is 5.97 Å². The maximum absolute atomic E-state index is 10.7. The minimum Gasteiger partial charge on any atom is -0.493 e. The molecule has 1 aliphatic heterocycles. The number of hydrogen-bond donors (Lipinski definition) is 2. The summed E-state index contributed by atoms with van der Waals surface area (Å²) in [5.74, 6) is -0.265. The first-order chi connectivity index (χ1) is 9.15. The van der Waals surface area contributed by atoms with E-state index >= 15 is 0 Å². The number of nitrogens with two attached hydrogens (primary N) is 1. The molecule has 1 aliphatic rings. The van der Waals surface area contributed by atoms with Gasteiger partial charge in [-0.1, -0.05) is 0 Å². The molecule has 0 spiro atoms. The van der Waals surface area contributed by atoms with E-state index in [4.69, 9.17) is 20.3 Å². The molecule has 5 heteroatoms. The minimum absolute atomic E-state index is 0.0241. The van der Waals surface area contributed by atoms with Crippen molar-refractivity contribution < 1.29 is 19.4 Å². The molecule has 0 aromatic heterocycles. The highest BCUT2D eigenvalue weighted by atomic mass is 16.5. The maximum Gasteiger partial charge on any atom is 0.335 e. The van der Waals surface area contributed by atoms with E-state index in [0.717, 1.165) is 26.1 Å². The maximum atomic E-state index is 10.7. The summed E-state index contributed by atoms with van der Waals surface area (Å²) in [6.07, 6.45) is 1.80. The van der Waals surface area contributed by atoms with E-state index in [1.54, 1.807) is 12.1 Å². The average molecular weight is 265 g/mol. The van der Waals surface area contributed by atoms with Gasteiger partial charge in [0.2, 0.25) is 0 Å². The van der Waals surface area contributed by atoms with E-state index in [-0.39, 0.29) is 11.0 Å². The van der Waals surface area contributed by atoms with Crippen molar-refractivity contribution in [3.8, 4) is 5.75 Å². The molecule has 104 valence electrons. The van der Waals surface area contributed by atoms with Crippen LogP contribution in [0.2, 0.25) is 0 Å². The highest BCUT2D eigenvalue weighted by molar-refractivity contribution is 5.87. The summed E-state index contributed by atoms with van der Waals surface area (Å²) in [5.41, 5.74) is 6.09. The predicted octanol–water partition coefficient (Wildman–Crippen LogP) is 1.52. The summed E-state index contributed by atoms with van der Waals surface area (Å²) < 4.78 is 11.1. The van der Waals surface area contributed by atoms with Gasteiger partial charge in [-0.2, -0.15) is 0 Å². The molecule has 1 aromatic rings. The van der Waals surface area contributed by atoms with Gasteiger partial charge in [-0.05, 0) is 37.1 Å². The van der Waals surface area contributed by atoms with Crippen LogP contribution >= 0.6 is 0 Å². The topological polar surface area (TPSA) is 81.8 Å². The molecule has 1 fully saturated rings. The van der Waals surface area contributed by atoms with Gasteiger partial charge in [0.05, 0.1) is 12.2 Å². The summed E-state index contributed by atoms with van der Waals surface area (Å²) in [4.78, 5) is 10.7. The third-order valence-electron chi connectivity index (χ3n) is 3.63. The normalized spacial score (nSPS) is 17.9. The third-order valence-corrected chi connectivity index (χ3v) is 3.63. The lowest BCUT2D eigenvalue weighted by molar-refractivity contribution is -0.00499. The van der Waals surface area contributed by atoms with Gasteiger partial charge in [0.1, 0.15) is 5.75 Å². The molecule has 0 saturated carbocycles. The Kier molecular flexibility index (Phi) is 4.39. The summed E-state index contributed by atoms with van der Waals surface area (Å²) >= 11 is 0. The van der Waals surface area contributed by atoms with E-state index in [1.807, 2.05) is 0 Å². The molecule has 19 heavy (non-hydrogen) atoms. The first-order valence-corrected chi connectivity index (χ1v) is 6.39. The number of ether oxygens (including phenoxy) is 2. The SMILES string of the molecule is NCC1(COc2ccc(C(=O)O)cc2)CCOCC1. The summed E-state index contributed by atoms with van der Waals surface area (Å²) in [7, 11) is 0. The Morgan fingerprint density at radius 1 is 1.32 bits per heavy atom. The Morgan fingerprint density at radius 2 is 1.95 bits per heavy atom. The Labute approximate surface area is 112 Å². The second-order valence-electron chi connectivity index (χ2n) is 4.93. The Hall–Kier alpha value is -1.59. The van der Waals surface area contributed by atoms with Crippen LogP contribution in [0.25, 0.3) is 0 Å². The van der Waals surface area contributed by atoms with E-state index in [1.165, 1.54) is 12.1 Å². The summed E-state index contributed by atoms with van der Waals surface area (Å²) in [6.45, 7) is 2.56. The Balaban J connectivity index is 1.95. The summed E-state index contributed by atoms with van der Waals surface area (Å²) in [5, 5.41) is 8.82. The lowest BCUT2D eigenvalue weighted by Crippen LogP contribution is -2.41. The largest absolute Gasteiger partial charge is 0.493 e. The molecule has 5 nitrogen and oxygen atoms in total. The van der Waals surface area contributed by atoms with Crippen LogP contribution in [0.15, 0.2) is 24.3 Å². The van der Waals surface area contributed by atoms with Crippen LogP contribution in [0.4, 0.5) is 0 Å². The fourth-order valence-corrected chi connectivity index (χ4v) is 2.14. The molecule has 1 heterocycles. The minimum atomic E-state index is -0.936. The number of benzene rings is 1. The van der Waals surface area contributed by atoms with Gasteiger partial charge >= 0.3 is 5.97 Å². The number of carbonyl (C=O) groups is 1. The molecule has 1 aromatic carbocycles. The van der Waals surface area contributed by atoms with Crippen molar-refractivity contribution in [1.82, 2.24) is 0 Å². The van der Waals surface area contributed by atoms with Crippen LogP contribution in [0.5, 0.6) is 5.75 Å². The van der Waals surface area contributed by atoms with Crippen molar-refractivity contribution in [3.63, 3.8) is 0 Å². The highest BCUT2D eigenvalue weighted by Crippen LogP contribution is 2.30. The molecular formula is C14H19NO4. The van der Waals surface area contributed by atoms with Crippen molar-refractivity contribution in [2.75, 3.05) is 26.4 Å². The molecule has 0 radical (unpaired) electrons. The molecule has 0 atom stereocenters. The highest BCUT2D eigenvalue weighted by Gasteiger charge is 2.32. The number of carboxylic acid groups (broad SMARTS) is 1. The van der Waals surface area contributed by atoms with Crippen LogP contribution in [0, 0.1) is 5.41 Å². The molecule has 0 unspecified atom stereocenters. The molecule has 3 N–H and O–H groups in total. The van der Waals surface area contributed by atoms with E-state index in [0.29, 0.717) is 18.9 Å². The average Bonchev–Trinajstić information content (AvgIpc) is 2.46. The lowest BCUT2D eigenvalue weighted by atomic mass is 9.81. The lowest BCUT2D eigenvalue weighted by Gasteiger charge is -2.35. The van der Waals surface area contributed by atoms with Crippen molar-refractivity contribution in [1.29, 1.82) is 0 Å². The van der Waals surface area contributed by atoms with Crippen LogP contribution in [0.1, 0.15) is 23.2 Å². The second kappa shape index (κ2) is 6.04. The van der Waals surface area contributed by atoms with Crippen molar-refractivity contribution in [2.45, 2.75) is 12.8 Å². The van der Waals surface area contributed by atoms with Crippen molar-refractivity contribution in [3.05, 3.63) is 29.8 Å². The van der Waals surface area contributed by atoms with Gasteiger partial charge in [-0.25, -0.2) is 4.79 Å². The van der Waals surface area contributed by atoms with Gasteiger partial charge < -0.3 is 20.3 Å². The van der Waals surface area contributed by atoms with Crippen LogP contribution in [0.3, 0.4) is 0 Å². The fourth-order valence-electron chi connectivity index (χ4n) is 2.14. The molecule has 1 saturated heterocycles. The Bertz CT molecular complexity index is 424. The van der Waals surface area contributed by atoms with Crippen LogP contribution < -0.4 is 10.5 Å². The molecule has 0 aliphatic carbocycles. The fraction of sp³-hybridized carbons (Fsp3) is 0.500. The van der Waals surface area contributed by atoms with Gasteiger partial charge in [0.15, 0.2) is 0 Å². The quantitative estimate of drug-likeness (QED) is 0.843. The zero-order chi connectivity index (χ0) is 13.7. The second-order valence-corrected chi connectivity index (χ2v) is 4.93. The third kappa shape index (κ3) is 3.45. The number of hydrogen-bond acceptors (Lipinski definition) is 4. The molecule has 0 amide bonds. The number of aromatic carboxylic acids is 1. The molecular weight excluding hydrogens is 246 g/mol. The van der Waals surface area contributed by atoms with Gasteiger partial charge in [-0.15, -0.1) is 0 Å². The molecule has 2 rings (SSSR count). The summed E-state index contributed by atoms with van der Waals surface area (Å²) in [6, 6.07) is 6.42.